The molecule has 0 spiro atoms. The SMILES string of the molecule is CC(=O)CC(c1cccc(Cl)c1)C(Br)[N+](=O)[O-]. The number of hydrogen-bond donors (Lipinski definition) is 0. The molecule has 1 rings (SSSR count). The van der Waals surface area contributed by atoms with Crippen molar-refractivity contribution in [2.75, 3.05) is 0 Å². The molecule has 0 aliphatic rings. The van der Waals surface area contributed by atoms with E-state index in [1.54, 1.807) is 24.3 Å². The van der Waals surface area contributed by atoms with E-state index in [2.05, 4.69) is 15.9 Å². The van der Waals surface area contributed by atoms with Crippen LogP contribution in [0.25, 0.3) is 0 Å². The van der Waals surface area contributed by atoms with E-state index >= 15 is 0 Å². The van der Waals surface area contributed by atoms with Gasteiger partial charge in [0.25, 0.3) is 4.95 Å². The van der Waals surface area contributed by atoms with Crippen LogP contribution < -0.4 is 0 Å². The van der Waals surface area contributed by atoms with Crippen LogP contribution in [0, 0.1) is 10.1 Å². The third kappa shape index (κ3) is 4.09. The van der Waals surface area contributed by atoms with Gasteiger partial charge < -0.3 is 4.79 Å². The highest BCUT2D eigenvalue weighted by Gasteiger charge is 2.31. The minimum absolute atomic E-state index is 0.0960. The average molecular weight is 321 g/mol. The smallest absolute Gasteiger partial charge is 0.272 e. The summed E-state index contributed by atoms with van der Waals surface area (Å²) in [6.07, 6.45) is 0.108. The minimum Gasteiger partial charge on any atom is -0.300 e. The molecule has 0 N–H and O–H groups in total. The molecular formula is C11H11BrClNO3. The molecule has 0 heterocycles. The molecule has 0 fully saturated rings. The summed E-state index contributed by atoms with van der Waals surface area (Å²) in [6, 6.07) is 6.78. The van der Waals surface area contributed by atoms with E-state index in [0.29, 0.717) is 10.6 Å². The summed E-state index contributed by atoms with van der Waals surface area (Å²) in [6.45, 7) is 1.41. The van der Waals surface area contributed by atoms with E-state index in [-0.39, 0.29) is 12.2 Å². The van der Waals surface area contributed by atoms with Crippen LogP contribution in [-0.2, 0) is 4.79 Å². The van der Waals surface area contributed by atoms with Gasteiger partial charge in [-0.15, -0.1) is 0 Å². The molecule has 0 saturated heterocycles. The first-order chi connectivity index (χ1) is 7.91. The van der Waals surface area contributed by atoms with Crippen LogP contribution in [0.3, 0.4) is 0 Å². The average Bonchev–Trinajstić information content (AvgIpc) is 2.24. The van der Waals surface area contributed by atoms with Gasteiger partial charge in [-0.3, -0.25) is 10.1 Å². The van der Waals surface area contributed by atoms with Crippen molar-refractivity contribution in [3.8, 4) is 0 Å². The van der Waals surface area contributed by atoms with Gasteiger partial charge in [-0.05, 0) is 40.5 Å². The topological polar surface area (TPSA) is 60.2 Å². The fourth-order valence-corrected chi connectivity index (χ4v) is 2.26. The Morgan fingerprint density at radius 2 is 2.24 bits per heavy atom. The number of alkyl halides is 1. The van der Waals surface area contributed by atoms with Crippen LogP contribution in [0.15, 0.2) is 24.3 Å². The lowest BCUT2D eigenvalue weighted by molar-refractivity contribution is -0.496. The normalized spacial score (nSPS) is 14.1. The fourth-order valence-electron chi connectivity index (χ4n) is 1.57. The Kier molecular flexibility index (Phi) is 5.08. The molecule has 1 aromatic rings. The van der Waals surface area contributed by atoms with Gasteiger partial charge in [-0.1, -0.05) is 23.7 Å². The van der Waals surface area contributed by atoms with Gasteiger partial charge in [-0.25, -0.2) is 0 Å². The molecule has 0 saturated carbocycles. The Morgan fingerprint density at radius 1 is 1.59 bits per heavy atom. The number of Topliss-reactive ketones (excluding diaryl/α,β-unsaturated/α-hetero) is 1. The van der Waals surface area contributed by atoms with Crippen molar-refractivity contribution in [2.45, 2.75) is 24.2 Å². The second-order valence-corrected chi connectivity index (χ2v) is 5.10. The summed E-state index contributed by atoms with van der Waals surface area (Å²) in [4.78, 5) is 20.5. The lowest BCUT2D eigenvalue weighted by Crippen LogP contribution is -2.23. The van der Waals surface area contributed by atoms with Gasteiger partial charge in [0.05, 0.1) is 5.92 Å². The predicted molar refractivity (Wildman–Crippen MR) is 69.2 cm³/mol. The summed E-state index contributed by atoms with van der Waals surface area (Å²) >= 11 is 8.84. The van der Waals surface area contributed by atoms with Crippen LogP contribution in [-0.4, -0.2) is 15.7 Å². The predicted octanol–water partition coefficient (Wildman–Crippen LogP) is 3.40. The van der Waals surface area contributed by atoms with Crippen LogP contribution in [0.5, 0.6) is 0 Å². The first-order valence-electron chi connectivity index (χ1n) is 4.94. The first kappa shape index (κ1) is 14.1. The van der Waals surface area contributed by atoms with Gasteiger partial charge in [0, 0.05) is 16.4 Å². The highest BCUT2D eigenvalue weighted by Crippen LogP contribution is 2.30. The first-order valence-corrected chi connectivity index (χ1v) is 6.23. The molecule has 0 aromatic heterocycles. The van der Waals surface area contributed by atoms with Crippen LogP contribution in [0.1, 0.15) is 24.8 Å². The molecule has 0 amide bonds. The van der Waals surface area contributed by atoms with Gasteiger partial charge in [0.15, 0.2) is 0 Å². The molecule has 2 unspecified atom stereocenters. The van der Waals surface area contributed by atoms with Crippen molar-refractivity contribution in [3.63, 3.8) is 0 Å². The third-order valence-electron chi connectivity index (χ3n) is 2.32. The molecule has 6 heteroatoms. The lowest BCUT2D eigenvalue weighted by atomic mass is 9.94. The lowest BCUT2D eigenvalue weighted by Gasteiger charge is -2.16. The van der Waals surface area contributed by atoms with E-state index in [1.807, 2.05) is 0 Å². The second-order valence-electron chi connectivity index (χ2n) is 3.73. The highest BCUT2D eigenvalue weighted by molar-refractivity contribution is 9.09. The van der Waals surface area contributed by atoms with Gasteiger partial charge in [0.2, 0.25) is 0 Å². The Balaban J connectivity index is 3.05. The zero-order valence-corrected chi connectivity index (χ0v) is 11.4. The maximum Gasteiger partial charge on any atom is 0.272 e. The van der Waals surface area contributed by atoms with Crippen molar-refractivity contribution in [2.24, 2.45) is 0 Å². The molecular weight excluding hydrogens is 309 g/mol. The molecule has 0 aliphatic heterocycles. The van der Waals surface area contributed by atoms with Crippen LogP contribution in [0.4, 0.5) is 0 Å². The third-order valence-corrected chi connectivity index (χ3v) is 3.53. The zero-order valence-electron chi connectivity index (χ0n) is 9.10. The zero-order chi connectivity index (χ0) is 13.0. The molecule has 0 bridgehead atoms. The summed E-state index contributed by atoms with van der Waals surface area (Å²) in [5.74, 6) is -0.609. The van der Waals surface area contributed by atoms with Crippen molar-refractivity contribution < 1.29 is 9.72 Å². The quantitative estimate of drug-likeness (QED) is 0.361. The van der Waals surface area contributed by atoms with E-state index < -0.39 is 15.8 Å². The summed E-state index contributed by atoms with van der Waals surface area (Å²) in [7, 11) is 0. The largest absolute Gasteiger partial charge is 0.300 e. The maximum absolute atomic E-state index is 11.2. The molecule has 0 radical (unpaired) electrons. The van der Waals surface area contributed by atoms with Crippen LogP contribution >= 0.6 is 27.5 Å². The number of benzene rings is 1. The van der Waals surface area contributed by atoms with Gasteiger partial charge in [-0.2, -0.15) is 0 Å². The molecule has 0 aliphatic carbocycles. The van der Waals surface area contributed by atoms with E-state index in [0.717, 1.165) is 0 Å². The number of carbonyl (C=O) groups is 1. The summed E-state index contributed by atoms with van der Waals surface area (Å²) in [5.41, 5.74) is 0.686. The Hall–Kier alpha value is -0.940. The summed E-state index contributed by atoms with van der Waals surface area (Å²) in [5, 5.41) is 11.3. The Labute approximate surface area is 112 Å². The minimum atomic E-state index is -0.995. The number of nitrogens with zero attached hydrogens (tertiary/aromatic N) is 1. The number of hydrogen-bond acceptors (Lipinski definition) is 3. The number of carbonyl (C=O) groups excluding carboxylic acids is 1. The molecule has 2 atom stereocenters. The van der Waals surface area contributed by atoms with Gasteiger partial charge >= 0.3 is 0 Å². The number of halogens is 2. The molecule has 1 aromatic carbocycles. The van der Waals surface area contributed by atoms with Gasteiger partial charge in [0.1, 0.15) is 5.78 Å². The molecule has 4 nitrogen and oxygen atoms in total. The number of rotatable bonds is 5. The molecule has 17 heavy (non-hydrogen) atoms. The second kappa shape index (κ2) is 6.12. The van der Waals surface area contributed by atoms with Crippen LogP contribution in [0.2, 0.25) is 5.02 Å². The monoisotopic (exact) mass is 319 g/mol. The molecule has 92 valence electrons. The summed E-state index contributed by atoms with van der Waals surface area (Å²) < 4.78 is 0. The van der Waals surface area contributed by atoms with Crippen molar-refractivity contribution in [3.05, 3.63) is 45.0 Å². The van der Waals surface area contributed by atoms with E-state index in [4.69, 9.17) is 11.6 Å². The van der Waals surface area contributed by atoms with E-state index in [9.17, 15) is 14.9 Å². The van der Waals surface area contributed by atoms with Crippen molar-refractivity contribution >= 4 is 33.3 Å². The Bertz CT molecular complexity index is 438. The standard InChI is InChI=1S/C11H11BrClNO3/c1-7(15)5-10(11(12)14(16)17)8-3-2-4-9(13)6-8/h2-4,6,10-11H,5H2,1H3. The number of ketones is 1. The highest BCUT2D eigenvalue weighted by atomic mass is 79.9. The van der Waals surface area contributed by atoms with E-state index in [1.165, 1.54) is 6.92 Å². The fraction of sp³-hybridized carbons (Fsp3) is 0.364. The Morgan fingerprint density at radius 3 is 2.71 bits per heavy atom. The number of nitro groups is 1. The maximum atomic E-state index is 11.2. The van der Waals surface area contributed by atoms with Crippen molar-refractivity contribution in [1.82, 2.24) is 0 Å². The van der Waals surface area contributed by atoms with Crippen molar-refractivity contribution in [1.29, 1.82) is 0 Å².